The third-order valence-electron chi connectivity index (χ3n) is 3.16. The van der Waals surface area contributed by atoms with E-state index in [1.165, 1.54) is 31.4 Å². The Kier molecular flexibility index (Phi) is 6.61. The molecule has 0 aliphatic carbocycles. The molecular weight excluding hydrogens is 349 g/mol. The first-order valence-corrected chi connectivity index (χ1v) is 7.67. The maximum Gasteiger partial charge on any atom is 0.437 e. The number of hydrogen-bond acceptors (Lipinski definition) is 7. The molecule has 1 aromatic heterocycles. The third kappa shape index (κ3) is 5.52. The molecule has 26 heavy (non-hydrogen) atoms. The number of amides is 1. The van der Waals surface area contributed by atoms with Gasteiger partial charge in [0.05, 0.1) is 6.61 Å². The molecule has 0 fully saturated rings. The summed E-state index contributed by atoms with van der Waals surface area (Å²) in [6.45, 7) is 1.03. The van der Waals surface area contributed by atoms with Gasteiger partial charge in [-0.2, -0.15) is 4.68 Å². The van der Waals surface area contributed by atoms with Gasteiger partial charge in [0.1, 0.15) is 12.4 Å². The molecule has 1 unspecified atom stereocenters. The summed E-state index contributed by atoms with van der Waals surface area (Å²) in [5, 5.41) is 6.41. The molecular formula is C16H18FN3O6. The lowest BCUT2D eigenvalue weighted by Crippen LogP contribution is -2.38. The van der Waals surface area contributed by atoms with Crippen molar-refractivity contribution in [3.05, 3.63) is 40.6 Å². The highest BCUT2D eigenvalue weighted by Gasteiger charge is 2.15. The highest BCUT2D eigenvalue weighted by atomic mass is 19.1. The zero-order valence-electron chi connectivity index (χ0n) is 14.2. The van der Waals surface area contributed by atoms with Crippen molar-refractivity contribution in [1.82, 2.24) is 15.1 Å². The van der Waals surface area contributed by atoms with Crippen LogP contribution in [-0.2, 0) is 25.6 Å². The van der Waals surface area contributed by atoms with Gasteiger partial charge in [0.15, 0.2) is 6.61 Å². The lowest BCUT2D eigenvalue weighted by atomic mass is 10.2. The normalized spacial score (nSPS) is 11.8. The largest absolute Gasteiger partial charge is 0.454 e. The number of carbonyl (C=O) groups excluding carboxylic acids is 2. The summed E-state index contributed by atoms with van der Waals surface area (Å²) in [6, 6.07) is 4.91. The van der Waals surface area contributed by atoms with Crippen molar-refractivity contribution in [1.29, 1.82) is 0 Å². The van der Waals surface area contributed by atoms with Crippen molar-refractivity contribution >= 4 is 11.9 Å². The van der Waals surface area contributed by atoms with E-state index in [0.29, 0.717) is 12.2 Å². The standard InChI is InChI=1S/C16H18FN3O6/c1-10(8-24-2)18-13(21)9-25-14(22)7-20-16(23)26-15(19-20)11-3-5-12(17)6-4-11/h3-6,10H,7-9H2,1-2H3,(H,18,21). The Hall–Kier alpha value is -3.01. The Bertz CT molecular complexity index is 814. The van der Waals surface area contributed by atoms with Gasteiger partial charge in [-0.25, -0.2) is 9.18 Å². The molecule has 9 nitrogen and oxygen atoms in total. The first kappa shape index (κ1) is 19.3. The summed E-state index contributed by atoms with van der Waals surface area (Å²) in [5.74, 6) is -2.71. The lowest BCUT2D eigenvalue weighted by molar-refractivity contribution is -0.149. The summed E-state index contributed by atoms with van der Waals surface area (Å²) in [6.07, 6.45) is 0. The molecule has 0 bridgehead atoms. The van der Waals surface area contributed by atoms with Crippen molar-refractivity contribution in [2.75, 3.05) is 20.3 Å². The highest BCUT2D eigenvalue weighted by molar-refractivity contribution is 5.80. The number of methoxy groups -OCH3 is 1. The topological polar surface area (TPSA) is 113 Å². The quantitative estimate of drug-likeness (QED) is 0.669. The van der Waals surface area contributed by atoms with Crippen molar-refractivity contribution < 1.29 is 27.9 Å². The van der Waals surface area contributed by atoms with Crippen molar-refractivity contribution in [2.24, 2.45) is 0 Å². The first-order chi connectivity index (χ1) is 12.4. The second-order valence-electron chi connectivity index (χ2n) is 5.42. The van der Waals surface area contributed by atoms with Crippen molar-refractivity contribution in [3.8, 4) is 11.5 Å². The van der Waals surface area contributed by atoms with Gasteiger partial charge in [-0.1, -0.05) is 0 Å². The number of ether oxygens (including phenoxy) is 2. The molecule has 1 aromatic carbocycles. The molecule has 2 rings (SSSR count). The SMILES string of the molecule is COCC(C)NC(=O)COC(=O)Cn1nc(-c2ccc(F)cc2)oc1=O. The number of nitrogens with one attached hydrogen (secondary N) is 1. The molecule has 0 saturated carbocycles. The van der Waals surface area contributed by atoms with Crippen LogP contribution in [-0.4, -0.2) is 48.0 Å². The number of carbonyl (C=O) groups is 2. The van der Waals surface area contributed by atoms with Crippen molar-refractivity contribution in [3.63, 3.8) is 0 Å². The number of aromatic nitrogens is 2. The Morgan fingerprint density at radius 3 is 2.69 bits per heavy atom. The second kappa shape index (κ2) is 8.90. The van der Waals surface area contributed by atoms with Gasteiger partial charge in [0.25, 0.3) is 5.91 Å². The number of rotatable bonds is 8. The van der Waals surface area contributed by atoms with Gasteiger partial charge in [-0.15, -0.1) is 5.10 Å². The van der Waals surface area contributed by atoms with Crippen LogP contribution in [0.1, 0.15) is 6.92 Å². The predicted molar refractivity (Wildman–Crippen MR) is 86.6 cm³/mol. The molecule has 0 aliphatic rings. The van der Waals surface area contributed by atoms with Gasteiger partial charge in [-0.05, 0) is 31.2 Å². The summed E-state index contributed by atoms with van der Waals surface area (Å²) in [7, 11) is 1.50. The van der Waals surface area contributed by atoms with Crippen LogP contribution >= 0.6 is 0 Å². The van der Waals surface area contributed by atoms with E-state index in [-0.39, 0.29) is 11.9 Å². The molecule has 10 heteroatoms. The minimum absolute atomic E-state index is 0.0612. The van der Waals surface area contributed by atoms with E-state index >= 15 is 0 Å². The average molecular weight is 367 g/mol. The van der Waals surface area contributed by atoms with Gasteiger partial charge in [0.2, 0.25) is 5.89 Å². The predicted octanol–water partition coefficient (Wildman–Crippen LogP) is 0.337. The molecule has 140 valence electrons. The van der Waals surface area contributed by atoms with E-state index in [1.807, 2.05) is 0 Å². The monoisotopic (exact) mass is 367 g/mol. The fraction of sp³-hybridized carbons (Fsp3) is 0.375. The van der Waals surface area contributed by atoms with E-state index in [0.717, 1.165) is 4.68 Å². The Morgan fingerprint density at radius 1 is 1.35 bits per heavy atom. The second-order valence-corrected chi connectivity index (χ2v) is 5.42. The van der Waals surface area contributed by atoms with E-state index in [4.69, 9.17) is 13.9 Å². The van der Waals surface area contributed by atoms with Gasteiger partial charge >= 0.3 is 11.7 Å². The summed E-state index contributed by atoms with van der Waals surface area (Å²) in [4.78, 5) is 35.1. The van der Waals surface area contributed by atoms with Crippen LogP contribution in [0.5, 0.6) is 0 Å². The van der Waals surface area contributed by atoms with E-state index in [2.05, 4.69) is 10.4 Å². The minimum atomic E-state index is -0.876. The van der Waals surface area contributed by atoms with Crippen LogP contribution in [0.3, 0.4) is 0 Å². The van der Waals surface area contributed by atoms with Gasteiger partial charge < -0.3 is 19.2 Å². The number of nitrogens with zero attached hydrogens (tertiary/aromatic N) is 2. The van der Waals surface area contributed by atoms with Crippen LogP contribution in [0.25, 0.3) is 11.5 Å². The summed E-state index contributed by atoms with van der Waals surface area (Å²) < 4.78 is 28.2. The fourth-order valence-corrected chi connectivity index (χ4v) is 2.04. The Labute approximate surface area is 147 Å². The van der Waals surface area contributed by atoms with E-state index in [9.17, 15) is 18.8 Å². The first-order valence-electron chi connectivity index (χ1n) is 7.67. The smallest absolute Gasteiger partial charge is 0.437 e. The molecule has 0 radical (unpaired) electrons. The van der Waals surface area contributed by atoms with Crippen LogP contribution in [0.4, 0.5) is 4.39 Å². The maximum absolute atomic E-state index is 12.9. The zero-order chi connectivity index (χ0) is 19.1. The van der Waals surface area contributed by atoms with Crippen LogP contribution in [0, 0.1) is 5.82 Å². The lowest BCUT2D eigenvalue weighted by Gasteiger charge is -2.12. The van der Waals surface area contributed by atoms with E-state index in [1.54, 1.807) is 6.92 Å². The molecule has 1 heterocycles. The number of benzene rings is 1. The average Bonchev–Trinajstić information content (AvgIpc) is 2.94. The van der Waals surface area contributed by atoms with Crippen LogP contribution in [0.2, 0.25) is 0 Å². The summed E-state index contributed by atoms with van der Waals surface area (Å²) >= 11 is 0. The van der Waals surface area contributed by atoms with E-state index < -0.39 is 36.6 Å². The fourth-order valence-electron chi connectivity index (χ4n) is 2.04. The van der Waals surface area contributed by atoms with Crippen molar-refractivity contribution in [2.45, 2.75) is 19.5 Å². The number of hydrogen-bond donors (Lipinski definition) is 1. The Balaban J connectivity index is 1.90. The molecule has 1 amide bonds. The van der Waals surface area contributed by atoms with Gasteiger partial charge in [0, 0.05) is 18.7 Å². The van der Waals surface area contributed by atoms with Crippen LogP contribution in [0.15, 0.2) is 33.5 Å². The molecule has 2 aromatic rings. The molecule has 0 aliphatic heterocycles. The number of halogens is 1. The Morgan fingerprint density at radius 2 is 2.04 bits per heavy atom. The molecule has 1 atom stereocenters. The highest BCUT2D eigenvalue weighted by Crippen LogP contribution is 2.15. The maximum atomic E-state index is 12.9. The zero-order valence-corrected chi connectivity index (χ0v) is 14.2. The molecule has 1 N–H and O–H groups in total. The molecule has 0 saturated heterocycles. The summed E-state index contributed by atoms with van der Waals surface area (Å²) in [5.41, 5.74) is 0.377. The van der Waals surface area contributed by atoms with Crippen LogP contribution < -0.4 is 11.1 Å². The number of esters is 1. The third-order valence-corrected chi connectivity index (χ3v) is 3.16. The van der Waals surface area contributed by atoms with Gasteiger partial charge in [-0.3, -0.25) is 9.59 Å². The minimum Gasteiger partial charge on any atom is -0.454 e. The molecule has 0 spiro atoms.